The van der Waals surface area contributed by atoms with Crippen molar-refractivity contribution in [3.05, 3.63) is 52.8 Å². The zero-order valence-electron chi connectivity index (χ0n) is 15.9. The number of nitrogens with zero attached hydrogens (tertiary/aromatic N) is 3. The number of piperazine rings is 1. The molecule has 6 heteroatoms. The number of hydrogen-bond donors (Lipinski definition) is 1. The largest absolute Gasteiger partial charge is 0.378 e. The fourth-order valence-corrected chi connectivity index (χ4v) is 3.31. The van der Waals surface area contributed by atoms with Crippen LogP contribution >= 0.6 is 0 Å². The Balaban J connectivity index is 1.62. The third kappa shape index (κ3) is 3.59. The molecule has 1 aliphatic heterocycles. The lowest BCUT2D eigenvalue weighted by Crippen LogP contribution is -2.50. The standard InChI is InChI=1S/C20H26N4O2/c1-14-13-18(15(2)21-14)20(26)24-11-9-23(10-12-24)19(25)16-5-7-17(8-6-16)22(3)4/h5-8,13,21H,9-12H2,1-4H3. The van der Waals surface area contributed by atoms with Crippen molar-refractivity contribution in [2.24, 2.45) is 0 Å². The highest BCUT2D eigenvalue weighted by Crippen LogP contribution is 2.17. The minimum Gasteiger partial charge on any atom is -0.378 e. The van der Waals surface area contributed by atoms with Crippen LogP contribution in [0.25, 0.3) is 0 Å². The lowest BCUT2D eigenvalue weighted by atomic mass is 10.1. The maximum absolute atomic E-state index is 12.7. The number of nitrogens with one attached hydrogen (secondary N) is 1. The summed E-state index contributed by atoms with van der Waals surface area (Å²) in [5.41, 5.74) is 4.36. The lowest BCUT2D eigenvalue weighted by molar-refractivity contribution is 0.0535. The second-order valence-corrected chi connectivity index (χ2v) is 7.02. The van der Waals surface area contributed by atoms with Crippen molar-refractivity contribution in [2.45, 2.75) is 13.8 Å². The molecule has 2 amide bonds. The highest BCUT2D eigenvalue weighted by atomic mass is 16.2. The van der Waals surface area contributed by atoms with Crippen molar-refractivity contribution in [3.8, 4) is 0 Å². The van der Waals surface area contributed by atoms with E-state index in [9.17, 15) is 9.59 Å². The van der Waals surface area contributed by atoms with Crippen molar-refractivity contribution in [2.75, 3.05) is 45.2 Å². The Kier molecular flexibility index (Phi) is 5.02. The Morgan fingerprint density at radius 2 is 1.46 bits per heavy atom. The maximum Gasteiger partial charge on any atom is 0.255 e. The smallest absolute Gasteiger partial charge is 0.255 e. The van der Waals surface area contributed by atoms with E-state index < -0.39 is 0 Å². The van der Waals surface area contributed by atoms with Crippen LogP contribution in [0.3, 0.4) is 0 Å². The maximum atomic E-state index is 12.7. The Morgan fingerprint density at radius 3 is 1.92 bits per heavy atom. The van der Waals surface area contributed by atoms with Gasteiger partial charge in [-0.05, 0) is 44.2 Å². The van der Waals surface area contributed by atoms with Gasteiger partial charge >= 0.3 is 0 Å². The Morgan fingerprint density at radius 1 is 0.923 bits per heavy atom. The number of aromatic nitrogens is 1. The highest BCUT2D eigenvalue weighted by Gasteiger charge is 2.26. The zero-order valence-corrected chi connectivity index (χ0v) is 15.9. The van der Waals surface area contributed by atoms with E-state index in [1.165, 1.54) is 0 Å². The van der Waals surface area contributed by atoms with E-state index in [1.54, 1.807) is 0 Å². The number of anilines is 1. The van der Waals surface area contributed by atoms with Gasteiger partial charge in [-0.3, -0.25) is 9.59 Å². The van der Waals surface area contributed by atoms with Crippen molar-refractivity contribution in [1.82, 2.24) is 14.8 Å². The molecule has 6 nitrogen and oxygen atoms in total. The normalized spacial score (nSPS) is 14.5. The number of aryl methyl sites for hydroxylation is 2. The molecule has 0 radical (unpaired) electrons. The summed E-state index contributed by atoms with van der Waals surface area (Å²) in [5, 5.41) is 0. The molecule has 3 rings (SSSR count). The monoisotopic (exact) mass is 354 g/mol. The molecular formula is C20H26N4O2. The molecule has 2 aromatic rings. The summed E-state index contributed by atoms with van der Waals surface area (Å²) in [6, 6.07) is 9.51. The number of aromatic amines is 1. The molecule has 0 bridgehead atoms. The van der Waals surface area contributed by atoms with Gasteiger partial charge in [0.05, 0.1) is 5.56 Å². The van der Waals surface area contributed by atoms with Crippen LogP contribution in [0.2, 0.25) is 0 Å². The van der Waals surface area contributed by atoms with Gasteiger partial charge in [0.2, 0.25) is 0 Å². The molecule has 0 unspecified atom stereocenters. The number of carbonyl (C=O) groups is 2. The molecule has 0 aliphatic carbocycles. The first-order valence-corrected chi connectivity index (χ1v) is 8.89. The summed E-state index contributed by atoms with van der Waals surface area (Å²) in [5.74, 6) is 0.0605. The van der Waals surface area contributed by atoms with Crippen LogP contribution in [0.15, 0.2) is 30.3 Å². The molecule has 1 aliphatic rings. The molecule has 1 aromatic carbocycles. The van der Waals surface area contributed by atoms with Crippen LogP contribution < -0.4 is 4.90 Å². The third-order valence-corrected chi connectivity index (χ3v) is 4.86. The minimum atomic E-state index is 0.0241. The summed E-state index contributed by atoms with van der Waals surface area (Å²) >= 11 is 0. The molecule has 1 saturated heterocycles. The number of H-pyrrole nitrogens is 1. The topological polar surface area (TPSA) is 59.7 Å². The van der Waals surface area contributed by atoms with Gasteiger partial charge in [-0.2, -0.15) is 0 Å². The van der Waals surface area contributed by atoms with Crippen LogP contribution in [0.5, 0.6) is 0 Å². The first-order chi connectivity index (χ1) is 12.4. The van der Waals surface area contributed by atoms with Crippen LogP contribution in [0, 0.1) is 13.8 Å². The highest BCUT2D eigenvalue weighted by molar-refractivity contribution is 5.97. The molecule has 1 fully saturated rings. The van der Waals surface area contributed by atoms with Gasteiger partial charge in [0.1, 0.15) is 0 Å². The van der Waals surface area contributed by atoms with Gasteiger partial charge in [0.25, 0.3) is 11.8 Å². The first kappa shape index (κ1) is 18.0. The first-order valence-electron chi connectivity index (χ1n) is 8.89. The molecule has 1 aromatic heterocycles. The molecule has 0 atom stereocenters. The molecule has 0 spiro atoms. The van der Waals surface area contributed by atoms with Crippen LogP contribution in [0.1, 0.15) is 32.1 Å². The van der Waals surface area contributed by atoms with Crippen molar-refractivity contribution < 1.29 is 9.59 Å². The fraction of sp³-hybridized carbons (Fsp3) is 0.400. The van der Waals surface area contributed by atoms with Crippen molar-refractivity contribution in [1.29, 1.82) is 0 Å². The number of rotatable bonds is 3. The number of amides is 2. The predicted octanol–water partition coefficient (Wildman–Crippen LogP) is 2.30. The van der Waals surface area contributed by atoms with E-state index >= 15 is 0 Å². The summed E-state index contributed by atoms with van der Waals surface area (Å²) in [7, 11) is 3.95. The van der Waals surface area contributed by atoms with Crippen LogP contribution in [-0.2, 0) is 0 Å². The summed E-state index contributed by atoms with van der Waals surface area (Å²) in [6.45, 7) is 6.10. The van der Waals surface area contributed by atoms with E-state index in [0.29, 0.717) is 31.7 Å². The van der Waals surface area contributed by atoms with E-state index in [0.717, 1.165) is 22.6 Å². The average Bonchev–Trinajstić information content (AvgIpc) is 2.99. The van der Waals surface area contributed by atoms with E-state index in [4.69, 9.17) is 0 Å². The lowest BCUT2D eigenvalue weighted by Gasteiger charge is -2.35. The van der Waals surface area contributed by atoms with E-state index in [2.05, 4.69) is 4.98 Å². The Hall–Kier alpha value is -2.76. The number of benzene rings is 1. The van der Waals surface area contributed by atoms with Gasteiger partial charge in [-0.1, -0.05) is 0 Å². The minimum absolute atomic E-state index is 0.0241. The van der Waals surface area contributed by atoms with Gasteiger partial charge in [0.15, 0.2) is 0 Å². The second-order valence-electron chi connectivity index (χ2n) is 7.02. The number of carbonyl (C=O) groups excluding carboxylic acids is 2. The van der Waals surface area contributed by atoms with Gasteiger partial charge < -0.3 is 19.7 Å². The molecule has 2 heterocycles. The van der Waals surface area contributed by atoms with Gasteiger partial charge in [-0.15, -0.1) is 0 Å². The van der Waals surface area contributed by atoms with Crippen LogP contribution in [-0.4, -0.2) is 66.9 Å². The quantitative estimate of drug-likeness (QED) is 0.920. The second kappa shape index (κ2) is 7.23. The van der Waals surface area contributed by atoms with Gasteiger partial charge in [0, 0.05) is 62.9 Å². The molecular weight excluding hydrogens is 328 g/mol. The molecule has 1 N–H and O–H groups in total. The van der Waals surface area contributed by atoms with Crippen molar-refractivity contribution >= 4 is 17.5 Å². The van der Waals surface area contributed by atoms with Crippen LogP contribution in [0.4, 0.5) is 5.69 Å². The number of hydrogen-bond acceptors (Lipinski definition) is 3. The molecule has 26 heavy (non-hydrogen) atoms. The third-order valence-electron chi connectivity index (χ3n) is 4.86. The van der Waals surface area contributed by atoms with E-state index in [-0.39, 0.29) is 11.8 Å². The van der Waals surface area contributed by atoms with Crippen molar-refractivity contribution in [3.63, 3.8) is 0 Å². The average molecular weight is 354 g/mol. The van der Waals surface area contributed by atoms with Gasteiger partial charge in [-0.25, -0.2) is 0 Å². The Labute approximate surface area is 154 Å². The summed E-state index contributed by atoms with van der Waals surface area (Å²) < 4.78 is 0. The summed E-state index contributed by atoms with van der Waals surface area (Å²) in [4.78, 5) is 34.2. The fourth-order valence-electron chi connectivity index (χ4n) is 3.31. The molecule has 138 valence electrons. The predicted molar refractivity (Wildman–Crippen MR) is 103 cm³/mol. The SMILES string of the molecule is Cc1cc(C(=O)N2CCN(C(=O)c3ccc(N(C)C)cc3)CC2)c(C)[nH]1. The Bertz CT molecular complexity index is 800. The zero-order chi connectivity index (χ0) is 18.8. The summed E-state index contributed by atoms with van der Waals surface area (Å²) in [6.07, 6.45) is 0. The van der Waals surface area contributed by atoms with E-state index in [1.807, 2.05) is 73.0 Å². The molecule has 0 saturated carbocycles.